The quantitative estimate of drug-likeness (QED) is 0.825. The van der Waals surface area contributed by atoms with Crippen LogP contribution < -0.4 is 5.32 Å². The highest BCUT2D eigenvalue weighted by Crippen LogP contribution is 2.09. The van der Waals surface area contributed by atoms with Crippen LogP contribution in [-0.2, 0) is 16.4 Å². The van der Waals surface area contributed by atoms with E-state index in [1.165, 1.54) is 12.3 Å². The van der Waals surface area contributed by atoms with Gasteiger partial charge in [-0.3, -0.25) is 0 Å². The highest BCUT2D eigenvalue weighted by Gasteiger charge is 2.19. The molecule has 2 rings (SSSR count). The number of urea groups is 1. The van der Waals surface area contributed by atoms with E-state index in [2.05, 4.69) is 10.3 Å². The van der Waals surface area contributed by atoms with E-state index in [4.69, 9.17) is 0 Å². The first-order valence-corrected chi connectivity index (χ1v) is 7.04. The zero-order valence-electron chi connectivity index (χ0n) is 9.38. The molecule has 1 aromatic rings. The summed E-state index contributed by atoms with van der Waals surface area (Å²) >= 11 is 0. The van der Waals surface area contributed by atoms with E-state index < -0.39 is 9.84 Å². The van der Waals surface area contributed by atoms with Crippen LogP contribution in [0.25, 0.3) is 0 Å². The van der Waals surface area contributed by atoms with Crippen LogP contribution in [0.3, 0.4) is 0 Å². The van der Waals surface area contributed by atoms with E-state index in [1.807, 2.05) is 0 Å². The first-order chi connectivity index (χ1) is 7.97. The van der Waals surface area contributed by atoms with Crippen molar-refractivity contribution >= 4 is 15.9 Å². The number of hydrogen-bond acceptors (Lipinski definition) is 4. The second kappa shape index (κ2) is 4.33. The number of carbonyl (C=O) groups excluding carboxylic acids is 1. The SMILES string of the molecule is CS(=O)(=O)c1ccc(CN2CCNC2=O)cn1. The van der Waals surface area contributed by atoms with Crippen LogP contribution in [0.1, 0.15) is 5.56 Å². The third kappa shape index (κ3) is 2.73. The Hall–Kier alpha value is -1.63. The number of nitrogens with one attached hydrogen (secondary N) is 1. The Bertz CT molecular complexity index is 524. The molecular weight excluding hydrogens is 242 g/mol. The molecule has 0 bridgehead atoms. The molecule has 1 saturated heterocycles. The predicted octanol–water partition coefficient (Wildman–Crippen LogP) is 0.0103. The standard InChI is InChI=1S/C10H13N3O3S/c1-17(15,16)9-3-2-8(6-12-9)7-13-5-4-11-10(13)14/h2-3,6H,4-5,7H2,1H3,(H,11,14). The van der Waals surface area contributed by atoms with Gasteiger partial charge in [-0.1, -0.05) is 6.07 Å². The Morgan fingerprint density at radius 2 is 2.24 bits per heavy atom. The molecule has 0 atom stereocenters. The lowest BCUT2D eigenvalue weighted by Crippen LogP contribution is -2.27. The monoisotopic (exact) mass is 255 g/mol. The minimum absolute atomic E-state index is 0.0483. The lowest BCUT2D eigenvalue weighted by atomic mass is 10.3. The number of rotatable bonds is 3. The maximum Gasteiger partial charge on any atom is 0.317 e. The Morgan fingerprint density at radius 3 is 2.71 bits per heavy atom. The maximum absolute atomic E-state index is 11.3. The molecule has 7 heteroatoms. The molecule has 17 heavy (non-hydrogen) atoms. The summed E-state index contributed by atoms with van der Waals surface area (Å²) in [5, 5.41) is 2.74. The van der Waals surface area contributed by atoms with E-state index in [-0.39, 0.29) is 11.1 Å². The van der Waals surface area contributed by atoms with E-state index in [1.54, 1.807) is 11.0 Å². The molecule has 6 nitrogen and oxygen atoms in total. The summed E-state index contributed by atoms with van der Waals surface area (Å²) in [4.78, 5) is 16.8. The highest BCUT2D eigenvalue weighted by atomic mass is 32.2. The molecule has 92 valence electrons. The van der Waals surface area contributed by atoms with E-state index >= 15 is 0 Å². The van der Waals surface area contributed by atoms with Crippen LogP contribution in [-0.4, -0.2) is 43.7 Å². The van der Waals surface area contributed by atoms with Gasteiger partial charge in [-0.2, -0.15) is 0 Å². The third-order valence-corrected chi connectivity index (χ3v) is 3.50. The second-order valence-electron chi connectivity index (χ2n) is 3.93. The van der Waals surface area contributed by atoms with Crippen LogP contribution in [0.2, 0.25) is 0 Å². The summed E-state index contributed by atoms with van der Waals surface area (Å²) in [6.07, 6.45) is 2.60. The molecule has 1 N–H and O–H groups in total. The fourth-order valence-corrected chi connectivity index (χ4v) is 2.17. The van der Waals surface area contributed by atoms with Gasteiger partial charge in [0.1, 0.15) is 0 Å². The van der Waals surface area contributed by atoms with Crippen LogP contribution in [0, 0.1) is 0 Å². The number of aromatic nitrogens is 1. The molecule has 1 aliphatic rings. The molecular formula is C10H13N3O3S. The zero-order chi connectivity index (χ0) is 12.5. The van der Waals surface area contributed by atoms with Gasteiger partial charge < -0.3 is 10.2 Å². The lowest BCUT2D eigenvalue weighted by Gasteiger charge is -2.13. The predicted molar refractivity (Wildman–Crippen MR) is 61.2 cm³/mol. The number of carbonyl (C=O) groups is 1. The number of sulfone groups is 1. The molecule has 0 radical (unpaired) electrons. The lowest BCUT2D eigenvalue weighted by molar-refractivity contribution is 0.215. The Kier molecular flexibility index (Phi) is 3.01. The van der Waals surface area contributed by atoms with Gasteiger partial charge in [0.25, 0.3) is 0 Å². The summed E-state index contributed by atoms with van der Waals surface area (Å²) < 4.78 is 22.4. The van der Waals surface area contributed by atoms with Crippen LogP contribution >= 0.6 is 0 Å². The number of pyridine rings is 1. The average molecular weight is 255 g/mol. The smallest absolute Gasteiger partial charge is 0.317 e. The topological polar surface area (TPSA) is 79.4 Å². The van der Waals surface area contributed by atoms with Crippen LogP contribution in [0.5, 0.6) is 0 Å². The second-order valence-corrected chi connectivity index (χ2v) is 5.89. The molecule has 0 aliphatic carbocycles. The normalized spacial score (nSPS) is 16.1. The van der Waals surface area contributed by atoms with Crippen LogP contribution in [0.15, 0.2) is 23.4 Å². The summed E-state index contributed by atoms with van der Waals surface area (Å²) in [5.74, 6) is 0. The minimum atomic E-state index is -3.26. The molecule has 2 amide bonds. The zero-order valence-corrected chi connectivity index (χ0v) is 10.2. The van der Waals surface area contributed by atoms with E-state index in [0.717, 1.165) is 11.8 Å². The van der Waals surface area contributed by atoms with Gasteiger partial charge in [0, 0.05) is 32.1 Å². The first kappa shape index (κ1) is 11.8. The van der Waals surface area contributed by atoms with Crippen molar-refractivity contribution in [2.75, 3.05) is 19.3 Å². The molecule has 1 aliphatic heterocycles. The summed E-state index contributed by atoms with van der Waals surface area (Å²) in [6.45, 7) is 1.75. The van der Waals surface area contributed by atoms with Gasteiger partial charge in [0.15, 0.2) is 14.9 Å². The summed E-state index contributed by atoms with van der Waals surface area (Å²) in [5.41, 5.74) is 0.814. The molecule has 1 fully saturated rings. The molecule has 0 spiro atoms. The van der Waals surface area contributed by atoms with Crippen LogP contribution in [0.4, 0.5) is 4.79 Å². The fourth-order valence-electron chi connectivity index (χ4n) is 1.61. The number of amides is 2. The van der Waals surface area contributed by atoms with Crippen molar-refractivity contribution in [3.05, 3.63) is 23.9 Å². The molecule has 0 aromatic carbocycles. The number of hydrogen-bond donors (Lipinski definition) is 1. The van der Waals surface area contributed by atoms with Gasteiger partial charge in [0.05, 0.1) is 0 Å². The Labute approximate surface area is 99.6 Å². The van der Waals surface area contributed by atoms with Crippen molar-refractivity contribution in [3.8, 4) is 0 Å². The Morgan fingerprint density at radius 1 is 1.47 bits per heavy atom. The van der Waals surface area contributed by atoms with Crippen molar-refractivity contribution in [3.63, 3.8) is 0 Å². The van der Waals surface area contributed by atoms with E-state index in [9.17, 15) is 13.2 Å². The fraction of sp³-hybridized carbons (Fsp3) is 0.400. The molecule has 0 saturated carbocycles. The van der Waals surface area contributed by atoms with Gasteiger partial charge >= 0.3 is 6.03 Å². The van der Waals surface area contributed by atoms with Gasteiger partial charge in [-0.15, -0.1) is 0 Å². The maximum atomic E-state index is 11.3. The summed E-state index contributed by atoms with van der Waals surface area (Å²) in [7, 11) is -3.26. The van der Waals surface area contributed by atoms with Gasteiger partial charge in [0.2, 0.25) is 0 Å². The third-order valence-electron chi connectivity index (χ3n) is 2.50. The molecule has 2 heterocycles. The first-order valence-electron chi connectivity index (χ1n) is 5.14. The van der Waals surface area contributed by atoms with Crippen molar-refractivity contribution in [1.29, 1.82) is 0 Å². The van der Waals surface area contributed by atoms with Crippen molar-refractivity contribution in [1.82, 2.24) is 15.2 Å². The van der Waals surface area contributed by atoms with Crippen molar-refractivity contribution in [2.24, 2.45) is 0 Å². The van der Waals surface area contributed by atoms with Crippen molar-refractivity contribution < 1.29 is 13.2 Å². The average Bonchev–Trinajstić information content (AvgIpc) is 2.64. The van der Waals surface area contributed by atoms with E-state index in [0.29, 0.717) is 19.6 Å². The van der Waals surface area contributed by atoms with Gasteiger partial charge in [-0.05, 0) is 11.6 Å². The molecule has 0 unspecified atom stereocenters. The summed E-state index contributed by atoms with van der Waals surface area (Å²) in [6, 6.07) is 3.03. The van der Waals surface area contributed by atoms with Crippen molar-refractivity contribution in [2.45, 2.75) is 11.6 Å². The number of nitrogens with zero attached hydrogens (tertiary/aromatic N) is 2. The largest absolute Gasteiger partial charge is 0.336 e. The Balaban J connectivity index is 2.11. The van der Waals surface area contributed by atoms with Gasteiger partial charge in [-0.25, -0.2) is 18.2 Å². The highest BCUT2D eigenvalue weighted by molar-refractivity contribution is 7.90. The molecule has 1 aromatic heterocycles. The minimum Gasteiger partial charge on any atom is -0.336 e.